The summed E-state index contributed by atoms with van der Waals surface area (Å²) in [4.78, 5) is 10.3. The number of primary amides is 1. The highest BCUT2D eigenvalue weighted by Crippen LogP contribution is 2.09. The second-order valence-electron chi connectivity index (χ2n) is 2.96. The molecule has 4 heteroatoms. The van der Waals surface area contributed by atoms with Gasteiger partial charge in [-0.1, -0.05) is 13.3 Å². The first-order chi connectivity index (χ1) is 4.98. The van der Waals surface area contributed by atoms with E-state index >= 15 is 0 Å². The molecule has 0 aromatic carbocycles. The zero-order valence-corrected chi connectivity index (χ0v) is 7.05. The fraction of sp³-hybridized carbons (Fsp3) is 0.857. The van der Waals surface area contributed by atoms with Crippen LogP contribution in [-0.4, -0.2) is 23.3 Å². The second kappa shape index (κ2) is 4.18. The number of urea groups is 1. The fourth-order valence-corrected chi connectivity index (χ4v) is 0.905. The molecule has 0 fully saturated rings. The van der Waals surface area contributed by atoms with E-state index in [9.17, 15) is 9.90 Å². The Labute approximate surface area is 66.8 Å². The molecule has 2 amide bonds. The lowest BCUT2D eigenvalue weighted by atomic mass is 10.0. The first-order valence-electron chi connectivity index (χ1n) is 3.73. The molecule has 0 aromatic rings. The minimum atomic E-state index is -0.830. The van der Waals surface area contributed by atoms with Crippen LogP contribution in [0.4, 0.5) is 4.79 Å². The predicted octanol–water partition coefficient (Wildman–Crippen LogP) is 0.206. The SMILES string of the molecule is CCCC(C)(O)CNC(N)=O. The molecule has 1 unspecified atom stereocenters. The van der Waals surface area contributed by atoms with Crippen LogP contribution < -0.4 is 11.1 Å². The van der Waals surface area contributed by atoms with Crippen molar-refractivity contribution in [1.82, 2.24) is 5.32 Å². The summed E-state index contributed by atoms with van der Waals surface area (Å²) in [6.45, 7) is 3.86. The molecule has 0 heterocycles. The standard InChI is InChI=1S/C7H16N2O2/c1-3-4-7(2,11)5-9-6(8)10/h11H,3-5H2,1-2H3,(H3,8,9,10). The van der Waals surface area contributed by atoms with Gasteiger partial charge in [-0.05, 0) is 13.3 Å². The fourth-order valence-electron chi connectivity index (χ4n) is 0.905. The Morgan fingerprint density at radius 3 is 2.64 bits per heavy atom. The van der Waals surface area contributed by atoms with E-state index in [0.29, 0.717) is 6.42 Å². The van der Waals surface area contributed by atoms with Crippen molar-refractivity contribution in [2.75, 3.05) is 6.54 Å². The molecule has 0 aliphatic rings. The van der Waals surface area contributed by atoms with E-state index < -0.39 is 11.6 Å². The van der Waals surface area contributed by atoms with Gasteiger partial charge in [0.05, 0.1) is 5.60 Å². The van der Waals surface area contributed by atoms with Gasteiger partial charge in [0.1, 0.15) is 0 Å². The highest BCUT2D eigenvalue weighted by Gasteiger charge is 2.18. The Balaban J connectivity index is 3.63. The van der Waals surface area contributed by atoms with Gasteiger partial charge in [0.25, 0.3) is 0 Å². The van der Waals surface area contributed by atoms with Crippen molar-refractivity contribution in [2.24, 2.45) is 5.73 Å². The van der Waals surface area contributed by atoms with Gasteiger partial charge in [0.15, 0.2) is 0 Å². The minimum Gasteiger partial charge on any atom is -0.388 e. The summed E-state index contributed by atoms with van der Waals surface area (Å²) in [5.74, 6) is 0. The monoisotopic (exact) mass is 160 g/mol. The Kier molecular flexibility index (Phi) is 3.89. The molecular weight excluding hydrogens is 144 g/mol. The van der Waals surface area contributed by atoms with Crippen molar-refractivity contribution in [3.8, 4) is 0 Å². The molecule has 0 radical (unpaired) electrons. The van der Waals surface area contributed by atoms with Crippen LogP contribution in [0, 0.1) is 0 Å². The molecule has 0 rings (SSSR count). The first kappa shape index (κ1) is 10.2. The molecule has 0 saturated heterocycles. The summed E-state index contributed by atoms with van der Waals surface area (Å²) in [6, 6.07) is -0.596. The van der Waals surface area contributed by atoms with Crippen molar-refractivity contribution >= 4 is 6.03 Å². The summed E-state index contributed by atoms with van der Waals surface area (Å²) in [6.07, 6.45) is 1.54. The summed E-state index contributed by atoms with van der Waals surface area (Å²) in [7, 11) is 0. The van der Waals surface area contributed by atoms with Crippen molar-refractivity contribution in [2.45, 2.75) is 32.3 Å². The molecule has 0 spiro atoms. The number of carbonyl (C=O) groups is 1. The van der Waals surface area contributed by atoms with Crippen LogP contribution in [0.3, 0.4) is 0 Å². The lowest BCUT2D eigenvalue weighted by molar-refractivity contribution is 0.0527. The van der Waals surface area contributed by atoms with Crippen molar-refractivity contribution in [3.63, 3.8) is 0 Å². The van der Waals surface area contributed by atoms with E-state index in [1.165, 1.54) is 0 Å². The molecule has 0 aliphatic heterocycles. The number of amides is 2. The smallest absolute Gasteiger partial charge is 0.312 e. The summed E-state index contributed by atoms with van der Waals surface area (Å²) >= 11 is 0. The topological polar surface area (TPSA) is 75.3 Å². The van der Waals surface area contributed by atoms with E-state index in [-0.39, 0.29) is 6.54 Å². The molecular formula is C7H16N2O2. The highest BCUT2D eigenvalue weighted by atomic mass is 16.3. The second-order valence-corrected chi connectivity index (χ2v) is 2.96. The van der Waals surface area contributed by atoms with Gasteiger partial charge < -0.3 is 16.2 Å². The summed E-state index contributed by atoms with van der Waals surface area (Å²) in [5, 5.41) is 11.9. The lowest BCUT2D eigenvalue weighted by Crippen LogP contribution is -2.42. The van der Waals surface area contributed by atoms with Gasteiger partial charge in [-0.2, -0.15) is 0 Å². The van der Waals surface area contributed by atoms with Crippen molar-refractivity contribution < 1.29 is 9.90 Å². The number of nitrogens with two attached hydrogens (primary N) is 1. The van der Waals surface area contributed by atoms with E-state index in [1.54, 1.807) is 6.92 Å². The zero-order valence-electron chi connectivity index (χ0n) is 7.05. The molecule has 0 bridgehead atoms. The van der Waals surface area contributed by atoms with Crippen LogP contribution in [0.2, 0.25) is 0 Å². The number of carbonyl (C=O) groups excluding carboxylic acids is 1. The van der Waals surface area contributed by atoms with Crippen LogP contribution in [-0.2, 0) is 0 Å². The number of nitrogens with one attached hydrogen (secondary N) is 1. The summed E-state index contributed by atoms with van der Waals surface area (Å²) in [5.41, 5.74) is 4.01. The normalized spacial score (nSPS) is 15.5. The van der Waals surface area contributed by atoms with Gasteiger partial charge in [0.2, 0.25) is 0 Å². The van der Waals surface area contributed by atoms with Crippen LogP contribution in [0.1, 0.15) is 26.7 Å². The third kappa shape index (κ3) is 5.66. The summed E-state index contributed by atoms with van der Waals surface area (Å²) < 4.78 is 0. The zero-order chi connectivity index (χ0) is 8.91. The highest BCUT2D eigenvalue weighted by molar-refractivity contribution is 5.71. The minimum absolute atomic E-state index is 0.218. The number of rotatable bonds is 4. The Morgan fingerprint density at radius 2 is 2.27 bits per heavy atom. The average Bonchev–Trinajstić information content (AvgIpc) is 1.84. The van der Waals surface area contributed by atoms with Crippen LogP contribution in [0.5, 0.6) is 0 Å². The maximum absolute atomic E-state index is 10.3. The van der Waals surface area contributed by atoms with Gasteiger partial charge in [-0.15, -0.1) is 0 Å². The van der Waals surface area contributed by atoms with Gasteiger partial charge in [-0.3, -0.25) is 0 Å². The Bertz CT molecular complexity index is 134. The van der Waals surface area contributed by atoms with Crippen molar-refractivity contribution in [3.05, 3.63) is 0 Å². The third-order valence-corrected chi connectivity index (χ3v) is 1.43. The molecule has 1 atom stereocenters. The van der Waals surface area contributed by atoms with E-state index in [1.807, 2.05) is 6.92 Å². The number of hydrogen-bond acceptors (Lipinski definition) is 2. The molecule has 4 N–H and O–H groups in total. The first-order valence-corrected chi connectivity index (χ1v) is 3.73. The van der Waals surface area contributed by atoms with E-state index in [0.717, 1.165) is 6.42 Å². The maximum Gasteiger partial charge on any atom is 0.312 e. The third-order valence-electron chi connectivity index (χ3n) is 1.43. The Morgan fingerprint density at radius 1 is 1.73 bits per heavy atom. The van der Waals surface area contributed by atoms with Gasteiger partial charge in [-0.25, -0.2) is 4.79 Å². The maximum atomic E-state index is 10.3. The van der Waals surface area contributed by atoms with Crippen molar-refractivity contribution in [1.29, 1.82) is 0 Å². The molecule has 0 aliphatic carbocycles. The quantitative estimate of drug-likeness (QED) is 0.549. The lowest BCUT2D eigenvalue weighted by Gasteiger charge is -2.22. The molecule has 4 nitrogen and oxygen atoms in total. The van der Waals surface area contributed by atoms with Crippen LogP contribution in [0.25, 0.3) is 0 Å². The predicted molar refractivity (Wildman–Crippen MR) is 43.1 cm³/mol. The molecule has 66 valence electrons. The van der Waals surface area contributed by atoms with Gasteiger partial charge in [0, 0.05) is 6.54 Å². The van der Waals surface area contributed by atoms with E-state index in [2.05, 4.69) is 5.32 Å². The molecule has 11 heavy (non-hydrogen) atoms. The largest absolute Gasteiger partial charge is 0.388 e. The van der Waals surface area contributed by atoms with Gasteiger partial charge >= 0.3 is 6.03 Å². The van der Waals surface area contributed by atoms with Crippen LogP contribution >= 0.6 is 0 Å². The van der Waals surface area contributed by atoms with Crippen LogP contribution in [0.15, 0.2) is 0 Å². The number of aliphatic hydroxyl groups is 1. The number of hydrogen-bond donors (Lipinski definition) is 3. The molecule has 0 saturated carbocycles. The Hall–Kier alpha value is -0.770. The van der Waals surface area contributed by atoms with E-state index in [4.69, 9.17) is 5.73 Å². The average molecular weight is 160 g/mol. The molecule has 0 aromatic heterocycles.